The highest BCUT2D eigenvalue weighted by Crippen LogP contribution is 2.20. The van der Waals surface area contributed by atoms with Crippen LogP contribution in [0.15, 0.2) is 36.8 Å². The summed E-state index contributed by atoms with van der Waals surface area (Å²) < 4.78 is 25.9. The maximum Gasteiger partial charge on any atom is 0.220 e. The van der Waals surface area contributed by atoms with E-state index in [4.69, 9.17) is 0 Å². The molecule has 0 aliphatic carbocycles. The van der Waals surface area contributed by atoms with Gasteiger partial charge in [-0.1, -0.05) is 6.07 Å². The van der Waals surface area contributed by atoms with Crippen molar-refractivity contribution in [2.24, 2.45) is 0 Å². The lowest BCUT2D eigenvalue weighted by Gasteiger charge is -2.01. The smallest absolute Gasteiger partial charge is 0.220 e. The van der Waals surface area contributed by atoms with E-state index >= 15 is 0 Å². The predicted molar refractivity (Wildman–Crippen MR) is 47.4 cm³/mol. The zero-order valence-corrected chi connectivity index (χ0v) is 7.11. The molecule has 2 aromatic heterocycles. The van der Waals surface area contributed by atoms with Crippen molar-refractivity contribution in [3.05, 3.63) is 48.6 Å². The van der Waals surface area contributed by atoms with Crippen LogP contribution in [-0.2, 0) is 0 Å². The minimum absolute atomic E-state index is 0.123. The van der Waals surface area contributed by atoms with Crippen molar-refractivity contribution < 1.29 is 8.78 Å². The van der Waals surface area contributed by atoms with Crippen molar-refractivity contribution in [1.82, 2.24) is 9.97 Å². The standard InChI is InChI=1S/C10H6F2N2/c11-8-4-9(10(12)14-6-8)7-2-1-3-13-5-7/h1-6H. The Labute approximate surface area is 79.3 Å². The quantitative estimate of drug-likeness (QED) is 0.648. The highest BCUT2D eigenvalue weighted by molar-refractivity contribution is 5.61. The van der Waals surface area contributed by atoms with Gasteiger partial charge in [-0.05, 0) is 12.1 Å². The van der Waals surface area contributed by atoms with Crippen LogP contribution in [0.2, 0.25) is 0 Å². The Hall–Kier alpha value is -1.84. The fourth-order valence-electron chi connectivity index (χ4n) is 1.15. The molecular weight excluding hydrogens is 186 g/mol. The lowest BCUT2D eigenvalue weighted by molar-refractivity contribution is 0.563. The van der Waals surface area contributed by atoms with E-state index in [0.29, 0.717) is 5.56 Å². The lowest BCUT2D eigenvalue weighted by Crippen LogP contribution is -1.90. The van der Waals surface area contributed by atoms with Gasteiger partial charge in [-0.3, -0.25) is 4.98 Å². The van der Waals surface area contributed by atoms with E-state index in [1.165, 1.54) is 6.20 Å². The molecule has 0 bridgehead atoms. The van der Waals surface area contributed by atoms with Gasteiger partial charge in [0.1, 0.15) is 5.82 Å². The molecule has 0 aliphatic rings. The second-order valence-corrected chi connectivity index (χ2v) is 2.73. The van der Waals surface area contributed by atoms with Crippen molar-refractivity contribution in [3.8, 4) is 11.1 Å². The highest BCUT2D eigenvalue weighted by atomic mass is 19.1. The van der Waals surface area contributed by atoms with E-state index in [1.807, 2.05) is 0 Å². The largest absolute Gasteiger partial charge is 0.264 e. The summed E-state index contributed by atoms with van der Waals surface area (Å²) in [4.78, 5) is 7.10. The number of aromatic nitrogens is 2. The first-order valence-corrected chi connectivity index (χ1v) is 3.99. The number of rotatable bonds is 1. The van der Waals surface area contributed by atoms with Crippen molar-refractivity contribution in [2.45, 2.75) is 0 Å². The molecule has 0 aromatic carbocycles. The third-order valence-electron chi connectivity index (χ3n) is 1.78. The van der Waals surface area contributed by atoms with Gasteiger partial charge >= 0.3 is 0 Å². The molecule has 0 saturated carbocycles. The van der Waals surface area contributed by atoms with E-state index in [2.05, 4.69) is 9.97 Å². The number of nitrogens with zero attached hydrogens (tertiary/aromatic N) is 2. The van der Waals surface area contributed by atoms with Gasteiger partial charge in [0.2, 0.25) is 5.95 Å². The van der Waals surface area contributed by atoms with Crippen molar-refractivity contribution in [1.29, 1.82) is 0 Å². The molecule has 0 fully saturated rings. The van der Waals surface area contributed by atoms with Crippen molar-refractivity contribution in [3.63, 3.8) is 0 Å². The Morgan fingerprint density at radius 1 is 1.14 bits per heavy atom. The second-order valence-electron chi connectivity index (χ2n) is 2.73. The number of hydrogen-bond donors (Lipinski definition) is 0. The van der Waals surface area contributed by atoms with E-state index in [0.717, 1.165) is 12.3 Å². The summed E-state index contributed by atoms with van der Waals surface area (Å²) in [7, 11) is 0. The molecule has 0 N–H and O–H groups in total. The van der Waals surface area contributed by atoms with Gasteiger partial charge in [0.15, 0.2) is 0 Å². The first-order chi connectivity index (χ1) is 6.77. The molecule has 0 spiro atoms. The minimum Gasteiger partial charge on any atom is -0.264 e. The summed E-state index contributed by atoms with van der Waals surface area (Å²) in [6.07, 6.45) is 3.86. The van der Waals surface area contributed by atoms with Crippen LogP contribution in [0.5, 0.6) is 0 Å². The zero-order chi connectivity index (χ0) is 9.97. The molecule has 0 saturated heterocycles. The SMILES string of the molecule is Fc1cnc(F)c(-c2cccnc2)c1. The van der Waals surface area contributed by atoms with Gasteiger partial charge in [-0.25, -0.2) is 9.37 Å². The van der Waals surface area contributed by atoms with Gasteiger partial charge in [-0.15, -0.1) is 0 Å². The summed E-state index contributed by atoms with van der Waals surface area (Å²) in [6.45, 7) is 0. The van der Waals surface area contributed by atoms with Gasteiger partial charge in [0, 0.05) is 23.5 Å². The molecule has 0 atom stereocenters. The fraction of sp³-hybridized carbons (Fsp3) is 0. The number of pyridine rings is 2. The Morgan fingerprint density at radius 2 is 2.00 bits per heavy atom. The average molecular weight is 192 g/mol. The minimum atomic E-state index is -0.695. The molecule has 0 amide bonds. The predicted octanol–water partition coefficient (Wildman–Crippen LogP) is 2.42. The monoisotopic (exact) mass is 192 g/mol. The summed E-state index contributed by atoms with van der Waals surface area (Å²) >= 11 is 0. The van der Waals surface area contributed by atoms with E-state index in [-0.39, 0.29) is 5.56 Å². The first-order valence-electron chi connectivity index (χ1n) is 3.99. The van der Waals surface area contributed by atoms with E-state index in [9.17, 15) is 8.78 Å². The summed E-state index contributed by atoms with van der Waals surface area (Å²) in [5.74, 6) is -1.26. The van der Waals surface area contributed by atoms with Crippen LogP contribution < -0.4 is 0 Å². The van der Waals surface area contributed by atoms with Gasteiger partial charge in [-0.2, -0.15) is 4.39 Å². The summed E-state index contributed by atoms with van der Waals surface area (Å²) in [5, 5.41) is 0. The van der Waals surface area contributed by atoms with E-state index in [1.54, 1.807) is 18.3 Å². The van der Waals surface area contributed by atoms with Crippen LogP contribution in [0, 0.1) is 11.8 Å². The van der Waals surface area contributed by atoms with Crippen molar-refractivity contribution >= 4 is 0 Å². The van der Waals surface area contributed by atoms with Crippen LogP contribution in [0.4, 0.5) is 8.78 Å². The highest BCUT2D eigenvalue weighted by Gasteiger charge is 2.07. The van der Waals surface area contributed by atoms with E-state index < -0.39 is 11.8 Å². The third kappa shape index (κ3) is 1.59. The lowest BCUT2D eigenvalue weighted by atomic mass is 10.1. The Morgan fingerprint density at radius 3 is 2.71 bits per heavy atom. The molecule has 2 rings (SSSR count). The van der Waals surface area contributed by atoms with Crippen LogP contribution in [-0.4, -0.2) is 9.97 Å². The molecule has 0 aliphatic heterocycles. The van der Waals surface area contributed by atoms with Gasteiger partial charge < -0.3 is 0 Å². The fourth-order valence-corrected chi connectivity index (χ4v) is 1.15. The molecule has 14 heavy (non-hydrogen) atoms. The Bertz CT molecular complexity index is 443. The number of hydrogen-bond acceptors (Lipinski definition) is 2. The van der Waals surface area contributed by atoms with Gasteiger partial charge in [0.05, 0.1) is 6.20 Å². The van der Waals surface area contributed by atoms with Crippen LogP contribution >= 0.6 is 0 Å². The first kappa shape index (κ1) is 8.74. The van der Waals surface area contributed by atoms with Crippen LogP contribution in [0.1, 0.15) is 0 Å². The maximum atomic E-state index is 13.1. The van der Waals surface area contributed by atoms with Crippen molar-refractivity contribution in [2.75, 3.05) is 0 Å². The summed E-state index contributed by atoms with van der Waals surface area (Å²) in [6, 6.07) is 4.39. The topological polar surface area (TPSA) is 25.8 Å². The third-order valence-corrected chi connectivity index (χ3v) is 1.78. The molecule has 0 unspecified atom stereocenters. The molecule has 2 aromatic rings. The van der Waals surface area contributed by atoms with Gasteiger partial charge in [0.25, 0.3) is 0 Å². The maximum absolute atomic E-state index is 13.1. The second kappa shape index (κ2) is 3.49. The average Bonchev–Trinajstić information content (AvgIpc) is 2.23. The van der Waals surface area contributed by atoms with Crippen LogP contribution in [0.25, 0.3) is 11.1 Å². The Balaban J connectivity index is 2.57. The summed E-state index contributed by atoms with van der Waals surface area (Å²) in [5.41, 5.74) is 0.634. The molecule has 0 radical (unpaired) electrons. The molecule has 4 heteroatoms. The van der Waals surface area contributed by atoms with Crippen LogP contribution in [0.3, 0.4) is 0 Å². The molecule has 2 nitrogen and oxygen atoms in total. The zero-order valence-electron chi connectivity index (χ0n) is 7.11. The Kier molecular flexibility index (Phi) is 2.18. The molecule has 2 heterocycles. The molecule has 70 valence electrons. The molecular formula is C10H6F2N2. The normalized spacial score (nSPS) is 10.1. The number of halogens is 2.